The number of morpholine rings is 1. The molecule has 24 heavy (non-hydrogen) atoms. The van der Waals surface area contributed by atoms with Gasteiger partial charge >= 0.3 is 0 Å². The highest BCUT2D eigenvalue weighted by Gasteiger charge is 2.18. The normalized spacial score (nSPS) is 16.1. The second-order valence-electron chi connectivity index (χ2n) is 6.03. The summed E-state index contributed by atoms with van der Waals surface area (Å²) in [6.45, 7) is 3.80. The van der Waals surface area contributed by atoms with Crippen LogP contribution in [0.3, 0.4) is 0 Å². The van der Waals surface area contributed by atoms with Gasteiger partial charge in [-0.1, -0.05) is 0 Å². The molecule has 0 unspecified atom stereocenters. The maximum atomic E-state index is 12.4. The Labute approximate surface area is 137 Å². The number of anilines is 1. The molecule has 9 heteroatoms. The third kappa shape index (κ3) is 2.42. The van der Waals surface area contributed by atoms with Gasteiger partial charge in [0.1, 0.15) is 23.2 Å². The monoisotopic (exact) mass is 329 g/mol. The van der Waals surface area contributed by atoms with Crippen molar-refractivity contribution in [2.45, 2.75) is 6.54 Å². The molecule has 1 aliphatic rings. The molecule has 3 aromatic rings. The number of hydrogen-bond acceptors (Lipinski definition) is 7. The second-order valence-corrected chi connectivity index (χ2v) is 6.03. The van der Waals surface area contributed by atoms with E-state index in [1.807, 2.05) is 23.4 Å². The van der Waals surface area contributed by atoms with Gasteiger partial charge in [0.2, 0.25) is 0 Å². The lowest BCUT2D eigenvalue weighted by molar-refractivity contribution is 0.0330. The van der Waals surface area contributed by atoms with Gasteiger partial charge in [-0.15, -0.1) is 0 Å². The highest BCUT2D eigenvalue weighted by Crippen LogP contribution is 2.20. The molecule has 1 aliphatic heterocycles. The highest BCUT2D eigenvalue weighted by atomic mass is 16.5. The van der Waals surface area contributed by atoms with Crippen LogP contribution < -0.4 is 10.5 Å². The van der Waals surface area contributed by atoms with Crippen LogP contribution in [-0.4, -0.2) is 69.6 Å². The summed E-state index contributed by atoms with van der Waals surface area (Å²) in [7, 11) is 3.76. The minimum Gasteiger partial charge on any atom is -0.379 e. The van der Waals surface area contributed by atoms with Crippen molar-refractivity contribution < 1.29 is 4.74 Å². The molecule has 0 saturated carbocycles. The molecule has 0 aromatic carbocycles. The lowest BCUT2D eigenvalue weighted by Crippen LogP contribution is -2.36. The van der Waals surface area contributed by atoms with E-state index in [0.29, 0.717) is 29.0 Å². The number of hydrogen-bond donors (Lipinski definition) is 1. The first-order chi connectivity index (χ1) is 11.6. The number of nitrogens with zero attached hydrogens (tertiary/aromatic N) is 6. The zero-order chi connectivity index (χ0) is 16.7. The highest BCUT2D eigenvalue weighted by molar-refractivity contribution is 5.84. The van der Waals surface area contributed by atoms with E-state index < -0.39 is 0 Å². The van der Waals surface area contributed by atoms with Crippen LogP contribution in [0.15, 0.2) is 17.3 Å². The first-order valence-corrected chi connectivity index (χ1v) is 7.86. The van der Waals surface area contributed by atoms with Crippen molar-refractivity contribution in [1.29, 1.82) is 0 Å². The van der Waals surface area contributed by atoms with E-state index in [4.69, 9.17) is 4.74 Å². The molecule has 3 aromatic heterocycles. The van der Waals surface area contributed by atoms with E-state index in [1.165, 1.54) is 6.33 Å². The second kappa shape index (κ2) is 5.84. The smallest absolute Gasteiger partial charge is 0.274 e. The first kappa shape index (κ1) is 15.0. The number of imidazole rings is 1. The van der Waals surface area contributed by atoms with Crippen LogP contribution in [0.4, 0.5) is 5.82 Å². The Kier molecular flexibility index (Phi) is 3.66. The largest absolute Gasteiger partial charge is 0.379 e. The van der Waals surface area contributed by atoms with Gasteiger partial charge in [0.15, 0.2) is 11.5 Å². The third-order valence-corrected chi connectivity index (χ3v) is 4.22. The minimum absolute atomic E-state index is 0.193. The number of rotatable bonds is 3. The number of fused-ring (bicyclic) bond motifs is 3. The van der Waals surface area contributed by atoms with Crippen molar-refractivity contribution in [2.24, 2.45) is 0 Å². The molecule has 0 radical (unpaired) electrons. The van der Waals surface area contributed by atoms with Crippen molar-refractivity contribution >= 4 is 22.5 Å². The van der Waals surface area contributed by atoms with E-state index in [0.717, 1.165) is 32.1 Å². The van der Waals surface area contributed by atoms with Crippen LogP contribution in [0.2, 0.25) is 0 Å². The molecule has 0 spiro atoms. The van der Waals surface area contributed by atoms with E-state index in [9.17, 15) is 4.79 Å². The number of H-pyrrole nitrogens is 1. The predicted molar refractivity (Wildman–Crippen MR) is 89.3 cm³/mol. The summed E-state index contributed by atoms with van der Waals surface area (Å²) in [5.74, 6) is 1.47. The van der Waals surface area contributed by atoms with E-state index >= 15 is 0 Å². The molecule has 0 bridgehead atoms. The van der Waals surface area contributed by atoms with Gasteiger partial charge in [-0.2, -0.15) is 0 Å². The van der Waals surface area contributed by atoms with Crippen LogP contribution in [0, 0.1) is 0 Å². The average Bonchev–Trinajstić information content (AvgIpc) is 3.00. The summed E-state index contributed by atoms with van der Waals surface area (Å²) in [5, 5.41) is 0. The predicted octanol–water partition coefficient (Wildman–Crippen LogP) is -0.136. The first-order valence-electron chi connectivity index (χ1n) is 7.86. The molecule has 1 fully saturated rings. The Morgan fingerprint density at radius 1 is 1.25 bits per heavy atom. The molecule has 4 heterocycles. The fourth-order valence-electron chi connectivity index (χ4n) is 3.02. The van der Waals surface area contributed by atoms with Crippen molar-refractivity contribution in [3.63, 3.8) is 0 Å². The van der Waals surface area contributed by atoms with Gasteiger partial charge in [-0.3, -0.25) is 14.1 Å². The number of aromatic amines is 1. The minimum atomic E-state index is -0.193. The van der Waals surface area contributed by atoms with Crippen molar-refractivity contribution in [1.82, 2.24) is 29.2 Å². The average molecular weight is 329 g/mol. The molecule has 126 valence electrons. The standard InChI is InChI=1S/C15H19N7O2/c1-20(2)13-12-14(18-9-17-13)22-10(15(23)19-12)7-16-11(22)8-21-3-5-24-6-4-21/h7,9H,3-6,8H2,1-2H3,(H,19,23). The van der Waals surface area contributed by atoms with Crippen LogP contribution in [0.5, 0.6) is 0 Å². The quantitative estimate of drug-likeness (QED) is 0.715. The molecule has 9 nitrogen and oxygen atoms in total. The number of ether oxygens (including phenoxy) is 1. The molecule has 1 N–H and O–H groups in total. The molecule has 0 aliphatic carbocycles. The maximum Gasteiger partial charge on any atom is 0.274 e. The van der Waals surface area contributed by atoms with E-state index in [1.54, 1.807) is 6.20 Å². The molecule has 4 rings (SSSR count). The molecule has 0 amide bonds. The van der Waals surface area contributed by atoms with E-state index in [2.05, 4.69) is 24.8 Å². The topological polar surface area (TPSA) is 91.7 Å². The molecular formula is C15H19N7O2. The number of aromatic nitrogens is 5. The molecule has 0 atom stereocenters. The number of nitrogens with one attached hydrogen (secondary N) is 1. The zero-order valence-electron chi connectivity index (χ0n) is 13.7. The van der Waals surface area contributed by atoms with Crippen LogP contribution in [-0.2, 0) is 11.3 Å². The van der Waals surface area contributed by atoms with E-state index in [-0.39, 0.29) is 5.56 Å². The van der Waals surface area contributed by atoms with Crippen molar-refractivity contribution in [3.8, 4) is 0 Å². The SMILES string of the molecule is CN(C)c1ncnc2c1[nH]c(=O)c1cnc(CN3CCOCC3)n12. The molecule has 1 saturated heterocycles. The van der Waals surface area contributed by atoms with Gasteiger partial charge in [0.25, 0.3) is 5.56 Å². The maximum absolute atomic E-state index is 12.4. The fraction of sp³-hybridized carbons (Fsp3) is 0.467. The summed E-state index contributed by atoms with van der Waals surface area (Å²) in [6.07, 6.45) is 3.11. The van der Waals surface area contributed by atoms with Crippen molar-refractivity contribution in [3.05, 3.63) is 28.7 Å². The van der Waals surface area contributed by atoms with Crippen molar-refractivity contribution in [2.75, 3.05) is 45.3 Å². The lowest BCUT2D eigenvalue weighted by Gasteiger charge is -2.25. The Morgan fingerprint density at radius 3 is 2.79 bits per heavy atom. The van der Waals surface area contributed by atoms with Gasteiger partial charge < -0.3 is 14.6 Å². The third-order valence-electron chi connectivity index (χ3n) is 4.22. The Hall–Kier alpha value is -2.52. The fourth-order valence-corrected chi connectivity index (χ4v) is 3.02. The molecular weight excluding hydrogens is 310 g/mol. The van der Waals surface area contributed by atoms with Crippen LogP contribution in [0.1, 0.15) is 5.82 Å². The van der Waals surface area contributed by atoms with Gasteiger partial charge in [-0.25, -0.2) is 15.0 Å². The zero-order valence-corrected chi connectivity index (χ0v) is 13.7. The Morgan fingerprint density at radius 2 is 2.04 bits per heavy atom. The summed E-state index contributed by atoms with van der Waals surface area (Å²) in [6, 6.07) is 0. The van der Waals surface area contributed by atoms with Gasteiger partial charge in [0.05, 0.1) is 26.0 Å². The summed E-state index contributed by atoms with van der Waals surface area (Å²) >= 11 is 0. The summed E-state index contributed by atoms with van der Waals surface area (Å²) in [5.41, 5.74) is 1.57. The summed E-state index contributed by atoms with van der Waals surface area (Å²) < 4.78 is 7.22. The van der Waals surface area contributed by atoms with Crippen LogP contribution in [0.25, 0.3) is 16.7 Å². The Balaban J connectivity index is 1.91. The summed E-state index contributed by atoms with van der Waals surface area (Å²) in [4.78, 5) is 32.6. The van der Waals surface area contributed by atoms with Gasteiger partial charge in [-0.05, 0) is 0 Å². The Bertz CT molecular complexity index is 940. The van der Waals surface area contributed by atoms with Gasteiger partial charge in [0, 0.05) is 27.2 Å². The van der Waals surface area contributed by atoms with Crippen LogP contribution >= 0.6 is 0 Å². The lowest BCUT2D eigenvalue weighted by atomic mass is 10.4.